The second kappa shape index (κ2) is 6.65. The lowest BCUT2D eigenvalue weighted by Gasteiger charge is -2.11. The predicted molar refractivity (Wildman–Crippen MR) is 74.3 cm³/mol. The van der Waals surface area contributed by atoms with Gasteiger partial charge in [0.1, 0.15) is 0 Å². The minimum absolute atomic E-state index is 0.0250. The third-order valence-electron chi connectivity index (χ3n) is 2.64. The number of carbonyl (C=O) groups excluding carboxylic acids is 1. The van der Waals surface area contributed by atoms with Crippen LogP contribution in [0.2, 0.25) is 0 Å². The lowest BCUT2D eigenvalue weighted by Crippen LogP contribution is -2.22. The Kier molecular flexibility index (Phi) is 5.46. The van der Waals surface area contributed by atoms with Crippen LogP contribution in [0.5, 0.6) is 0 Å². The van der Waals surface area contributed by atoms with Crippen LogP contribution in [0.15, 0.2) is 23.1 Å². The fraction of sp³-hybridized carbons (Fsp3) is 0.417. The van der Waals surface area contributed by atoms with E-state index in [1.54, 1.807) is 19.1 Å². The highest BCUT2D eigenvalue weighted by Gasteiger charge is 2.14. The van der Waals surface area contributed by atoms with E-state index in [9.17, 15) is 13.2 Å². The van der Waals surface area contributed by atoms with Crippen molar-refractivity contribution in [1.82, 2.24) is 5.32 Å². The van der Waals surface area contributed by atoms with Gasteiger partial charge in [0.25, 0.3) is 0 Å². The number of carbonyl (C=O) groups is 1. The fourth-order valence-electron chi connectivity index (χ4n) is 1.65. The number of anilines is 1. The summed E-state index contributed by atoms with van der Waals surface area (Å²) in [6.45, 7) is 4.95. The number of nitrogens with one attached hydrogen (secondary N) is 2. The number of hydrogen-bond acceptors (Lipinski definition) is 4. The number of primary sulfonamides is 1. The molecule has 0 unspecified atom stereocenters. The molecule has 0 fully saturated rings. The summed E-state index contributed by atoms with van der Waals surface area (Å²) >= 11 is 0. The summed E-state index contributed by atoms with van der Waals surface area (Å²) in [7, 11) is -3.78. The van der Waals surface area contributed by atoms with Gasteiger partial charge in [-0.05, 0) is 31.2 Å². The molecule has 1 aromatic carbocycles. The van der Waals surface area contributed by atoms with Gasteiger partial charge < -0.3 is 10.6 Å². The molecule has 1 rings (SSSR count). The standard InChI is InChI=1S/C12H19N3O3S/c1-3-14-8-7-12(16)15-10-5-4-6-11(9(10)2)19(13,17)18/h4-6,14H,3,7-8H2,1-2H3,(H,15,16)(H2,13,17,18). The molecule has 0 bridgehead atoms. The molecule has 0 aliphatic carbocycles. The molecule has 0 saturated carbocycles. The lowest BCUT2D eigenvalue weighted by atomic mass is 10.2. The SMILES string of the molecule is CCNCCC(=O)Nc1cccc(S(N)(=O)=O)c1C. The van der Waals surface area contributed by atoms with E-state index in [1.807, 2.05) is 6.92 Å². The second-order valence-electron chi connectivity index (χ2n) is 4.13. The van der Waals surface area contributed by atoms with Gasteiger partial charge in [0.05, 0.1) is 4.90 Å². The van der Waals surface area contributed by atoms with Crippen molar-refractivity contribution in [3.63, 3.8) is 0 Å². The highest BCUT2D eigenvalue weighted by Crippen LogP contribution is 2.21. The number of sulfonamides is 1. The Hall–Kier alpha value is -1.44. The summed E-state index contributed by atoms with van der Waals surface area (Å²) < 4.78 is 22.7. The van der Waals surface area contributed by atoms with Gasteiger partial charge in [0, 0.05) is 18.7 Å². The van der Waals surface area contributed by atoms with Gasteiger partial charge in [-0.3, -0.25) is 4.79 Å². The second-order valence-corrected chi connectivity index (χ2v) is 5.66. The molecule has 7 heteroatoms. The van der Waals surface area contributed by atoms with Gasteiger partial charge >= 0.3 is 0 Å². The first-order valence-corrected chi connectivity index (χ1v) is 7.54. The van der Waals surface area contributed by atoms with E-state index in [1.165, 1.54) is 6.07 Å². The van der Waals surface area contributed by atoms with Gasteiger partial charge in [0.15, 0.2) is 0 Å². The summed E-state index contributed by atoms with van der Waals surface area (Å²) in [5.74, 6) is -0.171. The molecule has 0 atom stereocenters. The van der Waals surface area contributed by atoms with Crippen molar-refractivity contribution < 1.29 is 13.2 Å². The highest BCUT2D eigenvalue weighted by atomic mass is 32.2. The molecule has 0 saturated heterocycles. The summed E-state index contributed by atoms with van der Waals surface area (Å²) in [6.07, 6.45) is 0.326. The molecule has 0 radical (unpaired) electrons. The number of amides is 1. The Bertz CT molecular complexity index is 555. The van der Waals surface area contributed by atoms with Crippen LogP contribution in [-0.2, 0) is 14.8 Å². The maximum atomic E-state index is 11.7. The quantitative estimate of drug-likeness (QED) is 0.665. The molecule has 6 nitrogen and oxygen atoms in total. The van der Waals surface area contributed by atoms with Crippen molar-refractivity contribution in [2.24, 2.45) is 5.14 Å². The van der Waals surface area contributed by atoms with Crippen molar-refractivity contribution in [3.05, 3.63) is 23.8 Å². The van der Waals surface area contributed by atoms with Gasteiger partial charge in [-0.2, -0.15) is 0 Å². The van der Waals surface area contributed by atoms with E-state index < -0.39 is 10.0 Å². The minimum Gasteiger partial charge on any atom is -0.326 e. The zero-order valence-electron chi connectivity index (χ0n) is 11.1. The van der Waals surface area contributed by atoms with Gasteiger partial charge in [-0.15, -0.1) is 0 Å². The third kappa shape index (κ3) is 4.62. The first-order chi connectivity index (χ1) is 8.86. The normalized spacial score (nSPS) is 11.3. The highest BCUT2D eigenvalue weighted by molar-refractivity contribution is 7.89. The molecule has 0 aliphatic rings. The van der Waals surface area contributed by atoms with Crippen LogP contribution < -0.4 is 15.8 Å². The largest absolute Gasteiger partial charge is 0.326 e. The maximum absolute atomic E-state index is 11.7. The van der Waals surface area contributed by atoms with Crippen LogP contribution >= 0.6 is 0 Å². The van der Waals surface area contributed by atoms with Crippen LogP contribution in [-0.4, -0.2) is 27.4 Å². The average molecular weight is 285 g/mol. The van der Waals surface area contributed by atoms with E-state index in [2.05, 4.69) is 10.6 Å². The molecule has 0 heterocycles. The van der Waals surface area contributed by atoms with Crippen LogP contribution in [0.4, 0.5) is 5.69 Å². The molecule has 19 heavy (non-hydrogen) atoms. The van der Waals surface area contributed by atoms with E-state index in [0.717, 1.165) is 6.54 Å². The summed E-state index contributed by atoms with van der Waals surface area (Å²) in [5.41, 5.74) is 0.912. The molecule has 4 N–H and O–H groups in total. The molecular weight excluding hydrogens is 266 g/mol. The van der Waals surface area contributed by atoms with Crippen molar-refractivity contribution in [1.29, 1.82) is 0 Å². The Labute approximate surface area is 113 Å². The number of rotatable bonds is 6. The van der Waals surface area contributed by atoms with E-state index in [0.29, 0.717) is 24.2 Å². The van der Waals surface area contributed by atoms with Crippen LogP contribution in [0.1, 0.15) is 18.9 Å². The molecule has 106 valence electrons. The summed E-state index contributed by atoms with van der Waals surface area (Å²) in [4.78, 5) is 11.7. The Morgan fingerprint density at radius 2 is 2.05 bits per heavy atom. The molecular formula is C12H19N3O3S. The van der Waals surface area contributed by atoms with E-state index in [4.69, 9.17) is 5.14 Å². The Balaban J connectivity index is 2.83. The number of benzene rings is 1. The molecule has 1 amide bonds. The number of hydrogen-bond donors (Lipinski definition) is 3. The van der Waals surface area contributed by atoms with Crippen LogP contribution in [0.25, 0.3) is 0 Å². The van der Waals surface area contributed by atoms with Gasteiger partial charge in [-0.25, -0.2) is 13.6 Å². The third-order valence-corrected chi connectivity index (χ3v) is 3.70. The van der Waals surface area contributed by atoms with Crippen LogP contribution in [0.3, 0.4) is 0 Å². The first-order valence-electron chi connectivity index (χ1n) is 5.99. The van der Waals surface area contributed by atoms with Gasteiger partial charge in [-0.1, -0.05) is 13.0 Å². The van der Waals surface area contributed by atoms with Crippen LogP contribution in [0, 0.1) is 6.92 Å². The number of nitrogens with two attached hydrogens (primary N) is 1. The van der Waals surface area contributed by atoms with Crippen molar-refractivity contribution >= 4 is 21.6 Å². The van der Waals surface area contributed by atoms with Gasteiger partial charge in [0.2, 0.25) is 15.9 Å². The smallest absolute Gasteiger partial charge is 0.238 e. The lowest BCUT2D eigenvalue weighted by molar-refractivity contribution is -0.116. The summed E-state index contributed by atoms with van der Waals surface area (Å²) in [6, 6.07) is 4.61. The fourth-order valence-corrected chi connectivity index (χ4v) is 2.45. The zero-order valence-corrected chi connectivity index (χ0v) is 11.9. The topological polar surface area (TPSA) is 101 Å². The Morgan fingerprint density at radius 1 is 1.37 bits per heavy atom. The van der Waals surface area contributed by atoms with Crippen molar-refractivity contribution in [2.45, 2.75) is 25.2 Å². The van der Waals surface area contributed by atoms with Crippen molar-refractivity contribution in [3.8, 4) is 0 Å². The average Bonchev–Trinajstić information content (AvgIpc) is 2.30. The molecule has 1 aromatic rings. The maximum Gasteiger partial charge on any atom is 0.238 e. The monoisotopic (exact) mass is 285 g/mol. The van der Waals surface area contributed by atoms with E-state index >= 15 is 0 Å². The minimum atomic E-state index is -3.78. The molecule has 0 aromatic heterocycles. The van der Waals surface area contributed by atoms with E-state index in [-0.39, 0.29) is 10.8 Å². The predicted octanol–water partition coefficient (Wildman–Crippen LogP) is 0.581. The zero-order chi connectivity index (χ0) is 14.5. The first kappa shape index (κ1) is 15.6. The Morgan fingerprint density at radius 3 is 2.63 bits per heavy atom. The molecule has 0 spiro atoms. The van der Waals surface area contributed by atoms with Crippen molar-refractivity contribution in [2.75, 3.05) is 18.4 Å². The summed E-state index contributed by atoms with van der Waals surface area (Å²) in [5, 5.41) is 10.8. The molecule has 0 aliphatic heterocycles.